The third-order valence-corrected chi connectivity index (χ3v) is 6.71. The lowest BCUT2D eigenvalue weighted by Gasteiger charge is -2.73. The zero-order chi connectivity index (χ0) is 21.3. The van der Waals surface area contributed by atoms with Gasteiger partial charge in [0, 0.05) is 27.8 Å². The average molecular weight is 451 g/mol. The summed E-state index contributed by atoms with van der Waals surface area (Å²) in [6.07, 6.45) is 0.645. The maximum Gasteiger partial charge on any atom is 0.258 e. The van der Waals surface area contributed by atoms with Crippen molar-refractivity contribution in [2.45, 2.75) is 36.6 Å². The molecule has 2 bridgehead atoms. The third-order valence-electron chi connectivity index (χ3n) is 6.16. The van der Waals surface area contributed by atoms with Crippen LogP contribution >= 0.6 is 23.2 Å². The molecule has 1 atom stereocenters. The van der Waals surface area contributed by atoms with Crippen molar-refractivity contribution in [3.63, 3.8) is 0 Å². The van der Waals surface area contributed by atoms with E-state index in [-0.39, 0.29) is 29.2 Å². The molecule has 6 nitrogen and oxygen atoms in total. The van der Waals surface area contributed by atoms with Crippen molar-refractivity contribution in [3.05, 3.63) is 63.4 Å². The molecule has 6 rings (SSSR count). The lowest BCUT2D eigenvalue weighted by atomic mass is 9.43. The number of nitrogens with one attached hydrogen (secondary N) is 1. The first-order chi connectivity index (χ1) is 14.2. The fourth-order valence-electron chi connectivity index (χ4n) is 4.97. The highest BCUT2D eigenvalue weighted by Gasteiger charge is 2.73. The van der Waals surface area contributed by atoms with Crippen LogP contribution in [0.3, 0.4) is 0 Å². The van der Waals surface area contributed by atoms with E-state index in [9.17, 15) is 19.1 Å². The molecule has 0 radical (unpaired) electrons. The van der Waals surface area contributed by atoms with Gasteiger partial charge in [-0.05, 0) is 49.6 Å². The molecule has 2 aromatic rings. The number of aliphatic hydroxyl groups is 1. The van der Waals surface area contributed by atoms with Gasteiger partial charge in [0.15, 0.2) is 12.8 Å². The number of carbonyl (C=O) groups is 2. The van der Waals surface area contributed by atoms with Gasteiger partial charge in [-0.15, -0.1) is 0 Å². The predicted octanol–water partition coefficient (Wildman–Crippen LogP) is 3.45. The number of benzene rings is 2. The van der Waals surface area contributed by atoms with Crippen LogP contribution in [0.15, 0.2) is 36.4 Å². The van der Waals surface area contributed by atoms with E-state index in [4.69, 9.17) is 27.9 Å². The van der Waals surface area contributed by atoms with Crippen molar-refractivity contribution in [2.24, 2.45) is 0 Å². The number of amides is 2. The Morgan fingerprint density at radius 3 is 2.67 bits per heavy atom. The molecule has 30 heavy (non-hydrogen) atoms. The number of fused-ring (bicyclic) bond motifs is 1. The minimum absolute atomic E-state index is 0.0194. The Kier molecular flexibility index (Phi) is 4.29. The SMILES string of the molecule is O=C(COc1ccc(Cl)c(F)c1)NC12CC(N3C(=O)c4ccc(Cl)cc4[C@H]3O)(C1)C2. The molecule has 0 spiro atoms. The lowest BCUT2D eigenvalue weighted by Crippen LogP contribution is -2.84. The highest BCUT2D eigenvalue weighted by atomic mass is 35.5. The van der Waals surface area contributed by atoms with Crippen LogP contribution in [-0.2, 0) is 4.79 Å². The number of hydrogen-bond acceptors (Lipinski definition) is 4. The van der Waals surface area contributed by atoms with E-state index in [1.54, 1.807) is 18.2 Å². The molecule has 2 N–H and O–H groups in total. The second-order valence-corrected chi connectivity index (χ2v) is 9.07. The number of aliphatic hydroxyl groups excluding tert-OH is 1. The molecule has 2 amide bonds. The Balaban J connectivity index is 1.19. The highest BCUT2D eigenvalue weighted by molar-refractivity contribution is 6.31. The summed E-state index contributed by atoms with van der Waals surface area (Å²) in [7, 11) is 0. The maximum atomic E-state index is 13.4. The Hall–Kier alpha value is -2.35. The van der Waals surface area contributed by atoms with Gasteiger partial charge in [-0.1, -0.05) is 23.2 Å². The first-order valence-electron chi connectivity index (χ1n) is 9.42. The molecule has 3 fully saturated rings. The van der Waals surface area contributed by atoms with E-state index in [0.29, 0.717) is 35.4 Å². The van der Waals surface area contributed by atoms with Gasteiger partial charge in [-0.3, -0.25) is 9.59 Å². The zero-order valence-electron chi connectivity index (χ0n) is 15.6. The van der Waals surface area contributed by atoms with Crippen molar-refractivity contribution in [1.82, 2.24) is 10.2 Å². The van der Waals surface area contributed by atoms with E-state index < -0.39 is 23.1 Å². The first kappa shape index (κ1) is 19.6. The second kappa shape index (κ2) is 6.57. The van der Waals surface area contributed by atoms with Crippen molar-refractivity contribution in [3.8, 4) is 5.75 Å². The second-order valence-electron chi connectivity index (χ2n) is 8.23. The minimum atomic E-state index is -1.04. The molecule has 4 aliphatic rings. The summed E-state index contributed by atoms with van der Waals surface area (Å²) in [6.45, 7) is -0.259. The van der Waals surface area contributed by atoms with Gasteiger partial charge < -0.3 is 20.1 Å². The van der Waals surface area contributed by atoms with E-state index in [1.165, 1.54) is 17.0 Å². The molecule has 2 aromatic carbocycles. The molecule has 3 aliphatic carbocycles. The molecule has 0 aromatic heterocycles. The number of nitrogens with zero attached hydrogens (tertiary/aromatic N) is 1. The van der Waals surface area contributed by atoms with Crippen LogP contribution in [-0.4, -0.2) is 39.5 Å². The summed E-state index contributed by atoms with van der Waals surface area (Å²) in [5.74, 6) is -0.959. The molecule has 0 saturated heterocycles. The van der Waals surface area contributed by atoms with Crippen molar-refractivity contribution in [2.75, 3.05) is 6.61 Å². The van der Waals surface area contributed by atoms with Crippen LogP contribution < -0.4 is 10.1 Å². The lowest BCUT2D eigenvalue weighted by molar-refractivity contribution is -0.200. The molecule has 0 unspecified atom stereocenters. The molecular formula is C21H17Cl2FN2O4. The number of rotatable bonds is 5. The van der Waals surface area contributed by atoms with Crippen LogP contribution in [0.1, 0.15) is 41.4 Å². The molecule has 1 aliphatic heterocycles. The van der Waals surface area contributed by atoms with E-state index in [0.717, 1.165) is 6.07 Å². The molecule has 9 heteroatoms. The van der Waals surface area contributed by atoms with Crippen LogP contribution in [0.2, 0.25) is 10.0 Å². The fourth-order valence-corrected chi connectivity index (χ4v) is 5.26. The highest BCUT2D eigenvalue weighted by Crippen LogP contribution is 2.66. The number of halogens is 3. The van der Waals surface area contributed by atoms with Crippen LogP contribution in [0.5, 0.6) is 5.75 Å². The number of hydrogen-bond donors (Lipinski definition) is 2. The number of ether oxygens (including phenoxy) is 1. The Morgan fingerprint density at radius 2 is 1.97 bits per heavy atom. The first-order valence-corrected chi connectivity index (χ1v) is 10.2. The van der Waals surface area contributed by atoms with E-state index in [2.05, 4.69) is 5.32 Å². The molecule has 1 heterocycles. The van der Waals surface area contributed by atoms with Gasteiger partial charge in [0.1, 0.15) is 11.6 Å². The van der Waals surface area contributed by atoms with Crippen LogP contribution in [0.25, 0.3) is 0 Å². The summed E-state index contributed by atoms with van der Waals surface area (Å²) in [5.41, 5.74) is 0.102. The van der Waals surface area contributed by atoms with E-state index >= 15 is 0 Å². The summed E-state index contributed by atoms with van der Waals surface area (Å²) in [6, 6.07) is 8.83. The Labute approximate surface area is 181 Å². The average Bonchev–Trinajstić information content (AvgIpc) is 2.88. The Morgan fingerprint density at radius 1 is 1.23 bits per heavy atom. The van der Waals surface area contributed by atoms with Gasteiger partial charge in [-0.25, -0.2) is 4.39 Å². The quantitative estimate of drug-likeness (QED) is 0.730. The van der Waals surface area contributed by atoms with Crippen molar-refractivity contribution < 1.29 is 23.8 Å². The fraction of sp³-hybridized carbons (Fsp3) is 0.333. The normalized spacial score (nSPS) is 28.5. The molecule has 156 valence electrons. The summed E-state index contributed by atoms with van der Waals surface area (Å²) >= 11 is 11.6. The largest absolute Gasteiger partial charge is 0.484 e. The molecule has 3 saturated carbocycles. The van der Waals surface area contributed by atoms with Gasteiger partial charge in [-0.2, -0.15) is 0 Å². The summed E-state index contributed by atoms with van der Waals surface area (Å²) in [5, 5.41) is 14.1. The van der Waals surface area contributed by atoms with Gasteiger partial charge in [0.25, 0.3) is 11.8 Å². The van der Waals surface area contributed by atoms with Gasteiger partial charge in [0.2, 0.25) is 0 Å². The molecular weight excluding hydrogens is 434 g/mol. The van der Waals surface area contributed by atoms with Crippen LogP contribution in [0, 0.1) is 5.82 Å². The summed E-state index contributed by atoms with van der Waals surface area (Å²) < 4.78 is 18.8. The minimum Gasteiger partial charge on any atom is -0.484 e. The third kappa shape index (κ3) is 2.87. The summed E-state index contributed by atoms with van der Waals surface area (Å²) in [4.78, 5) is 26.6. The number of carbonyl (C=O) groups excluding carboxylic acids is 2. The zero-order valence-corrected chi connectivity index (χ0v) is 17.1. The van der Waals surface area contributed by atoms with Crippen molar-refractivity contribution in [1.29, 1.82) is 0 Å². The van der Waals surface area contributed by atoms with E-state index in [1.807, 2.05) is 0 Å². The van der Waals surface area contributed by atoms with Crippen LogP contribution in [0.4, 0.5) is 4.39 Å². The Bertz CT molecular complexity index is 1070. The standard InChI is InChI=1S/C21H17Cl2FN2O4/c22-11-1-3-13-14(5-11)19(29)26(18(13)28)21-8-20(9-21,10-21)25-17(27)7-30-12-2-4-15(23)16(24)6-12/h1-6,19,29H,7-10H2,(H,25,27)/t19-,20?,21?/m1/s1. The monoisotopic (exact) mass is 450 g/mol. The maximum absolute atomic E-state index is 13.4. The van der Waals surface area contributed by atoms with Gasteiger partial charge in [0.05, 0.1) is 10.6 Å². The topological polar surface area (TPSA) is 78.9 Å². The predicted molar refractivity (Wildman–Crippen MR) is 107 cm³/mol. The van der Waals surface area contributed by atoms with Crippen molar-refractivity contribution >= 4 is 35.0 Å². The smallest absolute Gasteiger partial charge is 0.258 e. The van der Waals surface area contributed by atoms with Gasteiger partial charge >= 0.3 is 0 Å².